The van der Waals surface area contributed by atoms with Crippen LogP contribution in [0.2, 0.25) is 0 Å². The van der Waals surface area contributed by atoms with Crippen LogP contribution < -0.4 is 11.1 Å². The minimum atomic E-state index is -0.644. The first-order chi connectivity index (χ1) is 9.56. The molecule has 6 nitrogen and oxygen atoms in total. The molecule has 0 bridgehead atoms. The first kappa shape index (κ1) is 19.3. The summed E-state index contributed by atoms with van der Waals surface area (Å²) < 4.78 is 15.7. The van der Waals surface area contributed by atoms with Crippen LogP contribution in [0.25, 0.3) is 0 Å². The van der Waals surface area contributed by atoms with Crippen LogP contribution in [-0.4, -0.2) is 58.1 Å². The average Bonchev–Trinajstić information content (AvgIpc) is 2.41. The van der Waals surface area contributed by atoms with Crippen molar-refractivity contribution in [1.82, 2.24) is 5.32 Å². The van der Waals surface area contributed by atoms with Crippen LogP contribution in [0.5, 0.6) is 0 Å². The number of carbonyl (C=O) groups excluding carboxylic acids is 1. The summed E-state index contributed by atoms with van der Waals surface area (Å²) in [6.07, 6.45) is 2.36. The molecule has 0 aromatic rings. The summed E-state index contributed by atoms with van der Waals surface area (Å²) in [6.45, 7) is 7.68. The van der Waals surface area contributed by atoms with Crippen molar-refractivity contribution in [3.8, 4) is 0 Å². The van der Waals surface area contributed by atoms with E-state index in [2.05, 4.69) is 5.32 Å². The molecule has 0 fully saturated rings. The van der Waals surface area contributed by atoms with Crippen molar-refractivity contribution in [2.24, 2.45) is 5.73 Å². The van der Waals surface area contributed by atoms with Crippen molar-refractivity contribution in [3.05, 3.63) is 0 Å². The van der Waals surface area contributed by atoms with E-state index in [1.54, 1.807) is 7.11 Å². The van der Waals surface area contributed by atoms with Gasteiger partial charge in [-0.1, -0.05) is 6.92 Å². The summed E-state index contributed by atoms with van der Waals surface area (Å²) in [6, 6.07) is 0. The van der Waals surface area contributed by atoms with Crippen LogP contribution in [0.4, 0.5) is 0 Å². The van der Waals surface area contributed by atoms with Gasteiger partial charge in [-0.25, -0.2) is 0 Å². The number of hydrogen-bond acceptors (Lipinski definition) is 5. The molecule has 0 saturated carbocycles. The van der Waals surface area contributed by atoms with Crippen molar-refractivity contribution in [2.45, 2.75) is 38.6 Å². The molecule has 0 aliphatic heterocycles. The Morgan fingerprint density at radius 2 is 1.70 bits per heavy atom. The van der Waals surface area contributed by atoms with Gasteiger partial charge in [-0.3, -0.25) is 4.79 Å². The fourth-order valence-electron chi connectivity index (χ4n) is 1.84. The fraction of sp³-hybridized carbons (Fsp3) is 0.929. The molecule has 1 atom stereocenters. The van der Waals surface area contributed by atoms with E-state index in [-0.39, 0.29) is 5.91 Å². The smallest absolute Gasteiger partial charge is 0.237 e. The molecule has 1 amide bonds. The molecule has 6 heteroatoms. The minimum absolute atomic E-state index is 0.319. The van der Waals surface area contributed by atoms with E-state index in [4.69, 9.17) is 19.9 Å². The van der Waals surface area contributed by atoms with Crippen molar-refractivity contribution < 1.29 is 19.0 Å². The number of likely N-dealkylation sites (N-methyl/N-ethyl adjacent to an activating group) is 1. The first-order valence-electron chi connectivity index (χ1n) is 7.26. The van der Waals surface area contributed by atoms with Crippen LogP contribution in [0.15, 0.2) is 0 Å². The fourth-order valence-corrected chi connectivity index (χ4v) is 1.84. The van der Waals surface area contributed by atoms with Crippen LogP contribution in [-0.2, 0) is 19.0 Å². The molecule has 120 valence electrons. The topological polar surface area (TPSA) is 82.8 Å². The van der Waals surface area contributed by atoms with E-state index in [0.29, 0.717) is 32.8 Å². The second kappa shape index (κ2) is 12.1. The standard InChI is InChI=1S/C14H30N2O4/c1-4-16-14(2,13(15)17)7-5-9-19-11-12-20-10-6-8-18-3/h16H,4-12H2,1-3H3,(H2,15,17). The molecule has 20 heavy (non-hydrogen) atoms. The third kappa shape index (κ3) is 9.25. The lowest BCUT2D eigenvalue weighted by atomic mass is 9.95. The monoisotopic (exact) mass is 290 g/mol. The quantitative estimate of drug-likeness (QED) is 0.460. The summed E-state index contributed by atoms with van der Waals surface area (Å²) in [5, 5.41) is 3.12. The van der Waals surface area contributed by atoms with Gasteiger partial charge >= 0.3 is 0 Å². The Morgan fingerprint density at radius 3 is 2.20 bits per heavy atom. The van der Waals surface area contributed by atoms with Gasteiger partial charge in [0.05, 0.1) is 18.8 Å². The molecular weight excluding hydrogens is 260 g/mol. The second-order valence-corrected chi connectivity index (χ2v) is 4.90. The van der Waals surface area contributed by atoms with Gasteiger partial charge < -0.3 is 25.3 Å². The number of primary amides is 1. The van der Waals surface area contributed by atoms with Crippen LogP contribution in [0, 0.1) is 0 Å². The predicted molar refractivity (Wildman–Crippen MR) is 78.6 cm³/mol. The molecule has 0 aromatic heterocycles. The third-order valence-corrected chi connectivity index (χ3v) is 3.09. The first-order valence-corrected chi connectivity index (χ1v) is 7.26. The number of hydrogen-bond donors (Lipinski definition) is 2. The molecule has 0 aliphatic rings. The summed E-state index contributed by atoms with van der Waals surface area (Å²) >= 11 is 0. The second-order valence-electron chi connectivity index (χ2n) is 4.90. The van der Waals surface area contributed by atoms with Gasteiger partial charge in [0.2, 0.25) is 5.91 Å². The Labute approximate surface area is 122 Å². The molecule has 3 N–H and O–H groups in total. The number of ether oxygens (including phenoxy) is 3. The number of nitrogens with one attached hydrogen (secondary N) is 1. The Kier molecular flexibility index (Phi) is 11.7. The third-order valence-electron chi connectivity index (χ3n) is 3.09. The van der Waals surface area contributed by atoms with E-state index < -0.39 is 5.54 Å². The Balaban J connectivity index is 3.48. The zero-order valence-corrected chi connectivity index (χ0v) is 13.1. The highest BCUT2D eigenvalue weighted by Crippen LogP contribution is 2.11. The van der Waals surface area contributed by atoms with E-state index >= 15 is 0 Å². The maximum absolute atomic E-state index is 11.4. The number of carbonyl (C=O) groups is 1. The SMILES string of the molecule is CCNC(C)(CCCOCCOCCCOC)C(N)=O. The molecule has 0 rings (SSSR count). The highest BCUT2D eigenvalue weighted by molar-refractivity contribution is 5.84. The van der Waals surface area contributed by atoms with Crippen LogP contribution in [0.1, 0.15) is 33.1 Å². The van der Waals surface area contributed by atoms with E-state index in [1.165, 1.54) is 0 Å². The summed E-state index contributed by atoms with van der Waals surface area (Å²) in [5.74, 6) is -0.319. The zero-order chi connectivity index (χ0) is 15.3. The lowest BCUT2D eigenvalue weighted by molar-refractivity contribution is -0.124. The molecule has 0 saturated heterocycles. The van der Waals surface area contributed by atoms with Gasteiger partial charge in [-0.2, -0.15) is 0 Å². The van der Waals surface area contributed by atoms with Crippen molar-refractivity contribution in [3.63, 3.8) is 0 Å². The molecule has 0 radical (unpaired) electrons. The van der Waals surface area contributed by atoms with Gasteiger partial charge in [0.15, 0.2) is 0 Å². The Morgan fingerprint density at radius 1 is 1.10 bits per heavy atom. The highest BCUT2D eigenvalue weighted by Gasteiger charge is 2.28. The largest absolute Gasteiger partial charge is 0.385 e. The van der Waals surface area contributed by atoms with Crippen molar-refractivity contribution in [2.75, 3.05) is 46.7 Å². The number of nitrogens with two attached hydrogens (primary N) is 1. The van der Waals surface area contributed by atoms with Gasteiger partial charge in [0, 0.05) is 26.9 Å². The van der Waals surface area contributed by atoms with Gasteiger partial charge in [-0.15, -0.1) is 0 Å². The van der Waals surface area contributed by atoms with Gasteiger partial charge in [0.1, 0.15) is 0 Å². The predicted octanol–water partition coefficient (Wildman–Crippen LogP) is 0.690. The number of amides is 1. The van der Waals surface area contributed by atoms with Gasteiger partial charge in [-0.05, 0) is 32.7 Å². The maximum atomic E-state index is 11.4. The minimum Gasteiger partial charge on any atom is -0.385 e. The van der Waals surface area contributed by atoms with Crippen LogP contribution >= 0.6 is 0 Å². The van der Waals surface area contributed by atoms with Crippen molar-refractivity contribution in [1.29, 1.82) is 0 Å². The van der Waals surface area contributed by atoms with Gasteiger partial charge in [0.25, 0.3) is 0 Å². The maximum Gasteiger partial charge on any atom is 0.237 e. The lowest BCUT2D eigenvalue weighted by Gasteiger charge is -2.26. The molecule has 0 heterocycles. The number of rotatable bonds is 14. The molecular formula is C14H30N2O4. The number of methoxy groups -OCH3 is 1. The molecule has 1 unspecified atom stereocenters. The normalized spacial score (nSPS) is 14.2. The summed E-state index contributed by atoms with van der Waals surface area (Å²) in [5.41, 5.74) is 4.76. The molecule has 0 aliphatic carbocycles. The molecule has 0 aromatic carbocycles. The van der Waals surface area contributed by atoms with E-state index in [0.717, 1.165) is 26.0 Å². The zero-order valence-electron chi connectivity index (χ0n) is 13.1. The highest BCUT2D eigenvalue weighted by atomic mass is 16.5. The Hall–Kier alpha value is -0.690. The molecule has 0 spiro atoms. The summed E-state index contributed by atoms with van der Waals surface area (Å²) in [4.78, 5) is 11.4. The van der Waals surface area contributed by atoms with E-state index in [9.17, 15) is 4.79 Å². The lowest BCUT2D eigenvalue weighted by Crippen LogP contribution is -2.53. The van der Waals surface area contributed by atoms with E-state index in [1.807, 2.05) is 13.8 Å². The summed E-state index contributed by atoms with van der Waals surface area (Å²) in [7, 11) is 1.68. The Bertz CT molecular complexity index is 251. The van der Waals surface area contributed by atoms with Crippen molar-refractivity contribution >= 4 is 5.91 Å². The van der Waals surface area contributed by atoms with Crippen LogP contribution in [0.3, 0.4) is 0 Å². The average molecular weight is 290 g/mol.